The quantitative estimate of drug-likeness (QED) is 0.286. The number of nitrogens with zero attached hydrogens (tertiary/aromatic N) is 1. The van der Waals surface area contributed by atoms with Gasteiger partial charge in [-0.3, -0.25) is 0 Å². The van der Waals surface area contributed by atoms with E-state index in [-0.39, 0.29) is 0 Å². The van der Waals surface area contributed by atoms with Crippen molar-refractivity contribution in [1.29, 1.82) is 0 Å². The van der Waals surface area contributed by atoms with Crippen molar-refractivity contribution in [2.24, 2.45) is 0 Å². The second kappa shape index (κ2) is 6.75. The summed E-state index contributed by atoms with van der Waals surface area (Å²) in [6.45, 7) is 0. The molecular weight excluding hydrogens is 404 g/mol. The lowest BCUT2D eigenvalue weighted by molar-refractivity contribution is 0.674. The molecule has 156 valence electrons. The molecule has 0 aliphatic rings. The van der Waals surface area contributed by atoms with Crippen molar-refractivity contribution in [3.8, 4) is 16.8 Å². The number of aromatic nitrogens is 1. The molecule has 2 N–H and O–H groups in total. The van der Waals surface area contributed by atoms with Gasteiger partial charge < -0.3 is 14.7 Å². The molecule has 3 nitrogen and oxygen atoms in total. The van der Waals surface area contributed by atoms with E-state index < -0.39 is 0 Å². The minimum Gasteiger partial charge on any atom is -0.455 e. The maximum atomic E-state index is 6.69. The second-order valence-corrected chi connectivity index (χ2v) is 8.43. The molecule has 33 heavy (non-hydrogen) atoms. The van der Waals surface area contributed by atoms with Gasteiger partial charge in [0.1, 0.15) is 11.2 Å². The Morgan fingerprint density at radius 2 is 1.27 bits per heavy atom. The molecule has 5 aromatic carbocycles. The third-order valence-corrected chi connectivity index (χ3v) is 6.54. The Morgan fingerprint density at radius 1 is 0.545 bits per heavy atom. The van der Waals surface area contributed by atoms with Gasteiger partial charge in [-0.1, -0.05) is 66.7 Å². The molecule has 3 heteroatoms. The number of nitrogen functional groups attached to an aromatic ring is 1. The fourth-order valence-electron chi connectivity index (χ4n) is 5.05. The van der Waals surface area contributed by atoms with Gasteiger partial charge in [0.05, 0.1) is 16.4 Å². The number of fused-ring (bicyclic) bond motifs is 7. The summed E-state index contributed by atoms with van der Waals surface area (Å²) in [6, 6.07) is 37.8. The molecule has 0 unspecified atom stereocenters. The van der Waals surface area contributed by atoms with E-state index in [9.17, 15) is 0 Å². The van der Waals surface area contributed by atoms with Crippen molar-refractivity contribution < 1.29 is 4.42 Å². The fraction of sp³-hybridized carbons (Fsp3) is 0. The summed E-state index contributed by atoms with van der Waals surface area (Å²) in [6.07, 6.45) is 0. The van der Waals surface area contributed by atoms with E-state index in [0.717, 1.165) is 55.3 Å². The lowest BCUT2D eigenvalue weighted by Crippen LogP contribution is -1.92. The molecule has 2 aromatic heterocycles. The fourth-order valence-corrected chi connectivity index (χ4v) is 5.05. The Balaban J connectivity index is 1.63. The smallest absolute Gasteiger partial charge is 0.145 e. The van der Waals surface area contributed by atoms with Crippen molar-refractivity contribution >= 4 is 49.4 Å². The molecule has 0 bridgehead atoms. The number of furan rings is 1. The normalized spacial score (nSPS) is 11.8. The first-order valence-corrected chi connectivity index (χ1v) is 11.1. The molecule has 0 aliphatic carbocycles. The van der Waals surface area contributed by atoms with Crippen LogP contribution in [0.1, 0.15) is 0 Å². The average Bonchev–Trinajstić information content (AvgIpc) is 3.41. The van der Waals surface area contributed by atoms with Crippen LogP contribution in [0.4, 0.5) is 5.69 Å². The number of benzene rings is 5. The van der Waals surface area contributed by atoms with Gasteiger partial charge in [-0.05, 0) is 48.0 Å². The van der Waals surface area contributed by atoms with Crippen LogP contribution < -0.4 is 5.73 Å². The Hall–Kier alpha value is -4.50. The molecule has 0 fully saturated rings. The number of para-hydroxylation sites is 3. The van der Waals surface area contributed by atoms with Crippen LogP contribution in [0, 0.1) is 0 Å². The Morgan fingerprint density at radius 3 is 2.12 bits per heavy atom. The van der Waals surface area contributed by atoms with Crippen LogP contribution in [0.2, 0.25) is 0 Å². The van der Waals surface area contributed by atoms with E-state index in [1.165, 1.54) is 10.9 Å². The van der Waals surface area contributed by atoms with Crippen LogP contribution in [-0.2, 0) is 0 Å². The largest absolute Gasteiger partial charge is 0.455 e. The Bertz CT molecular complexity index is 1810. The zero-order valence-electron chi connectivity index (χ0n) is 17.8. The van der Waals surface area contributed by atoms with Gasteiger partial charge in [0.2, 0.25) is 0 Å². The summed E-state index contributed by atoms with van der Waals surface area (Å²) >= 11 is 0. The maximum absolute atomic E-state index is 6.69. The standard InChI is InChI=1S/C30H20N2O/c31-20-15-13-19(14-16-20)22-10-6-11-23-24-17-18-27-28(30(24)33-29(22)23)25-9-4-5-12-26(25)32(27)21-7-2-1-3-8-21/h1-18H,31H2. The molecule has 0 aliphatic heterocycles. The van der Waals surface area contributed by atoms with Gasteiger partial charge in [-0.15, -0.1) is 0 Å². The highest BCUT2D eigenvalue weighted by Gasteiger charge is 2.19. The van der Waals surface area contributed by atoms with Gasteiger partial charge in [0.15, 0.2) is 0 Å². The highest BCUT2D eigenvalue weighted by Crippen LogP contribution is 2.42. The van der Waals surface area contributed by atoms with E-state index in [2.05, 4.69) is 83.4 Å². The summed E-state index contributed by atoms with van der Waals surface area (Å²) in [5, 5.41) is 4.59. The zero-order chi connectivity index (χ0) is 21.9. The van der Waals surface area contributed by atoms with Gasteiger partial charge in [-0.2, -0.15) is 0 Å². The van der Waals surface area contributed by atoms with Crippen molar-refractivity contribution in [2.45, 2.75) is 0 Å². The topological polar surface area (TPSA) is 44.1 Å². The van der Waals surface area contributed by atoms with Gasteiger partial charge in [0.25, 0.3) is 0 Å². The van der Waals surface area contributed by atoms with Crippen LogP contribution in [0.3, 0.4) is 0 Å². The lowest BCUT2D eigenvalue weighted by Gasteiger charge is -2.07. The van der Waals surface area contributed by atoms with Gasteiger partial charge in [-0.25, -0.2) is 0 Å². The molecule has 0 amide bonds. The van der Waals surface area contributed by atoms with Gasteiger partial charge >= 0.3 is 0 Å². The third kappa shape index (κ3) is 2.56. The molecule has 7 rings (SSSR count). The van der Waals surface area contributed by atoms with Crippen molar-refractivity contribution in [2.75, 3.05) is 5.73 Å². The van der Waals surface area contributed by atoms with Crippen molar-refractivity contribution in [3.05, 3.63) is 109 Å². The highest BCUT2D eigenvalue weighted by molar-refractivity contribution is 6.24. The highest BCUT2D eigenvalue weighted by atomic mass is 16.3. The first kappa shape index (κ1) is 18.1. The molecule has 0 saturated carbocycles. The van der Waals surface area contributed by atoms with Crippen LogP contribution in [0.25, 0.3) is 60.6 Å². The third-order valence-electron chi connectivity index (χ3n) is 6.54. The summed E-state index contributed by atoms with van der Waals surface area (Å²) in [5.41, 5.74) is 14.1. The number of hydrogen-bond donors (Lipinski definition) is 1. The van der Waals surface area contributed by atoms with Crippen LogP contribution in [0.5, 0.6) is 0 Å². The Labute approximate surface area is 190 Å². The predicted octanol–water partition coefficient (Wildman–Crippen LogP) is 7.93. The molecular formula is C30H20N2O. The lowest BCUT2D eigenvalue weighted by atomic mass is 10.0. The first-order chi connectivity index (χ1) is 16.3. The van der Waals surface area contributed by atoms with E-state index in [0.29, 0.717) is 0 Å². The SMILES string of the molecule is Nc1ccc(-c2cccc3c2oc2c3ccc3c2c2ccccc2n3-c2ccccc2)cc1. The first-order valence-electron chi connectivity index (χ1n) is 11.1. The number of nitrogens with two attached hydrogens (primary N) is 1. The molecule has 0 atom stereocenters. The number of anilines is 1. The average molecular weight is 425 g/mol. The van der Waals surface area contributed by atoms with Gasteiger partial charge in [0, 0.05) is 33.1 Å². The molecule has 0 radical (unpaired) electrons. The molecule has 0 spiro atoms. The van der Waals surface area contributed by atoms with Crippen molar-refractivity contribution in [3.63, 3.8) is 0 Å². The molecule has 2 heterocycles. The van der Waals surface area contributed by atoms with Crippen LogP contribution >= 0.6 is 0 Å². The summed E-state index contributed by atoms with van der Waals surface area (Å²) < 4.78 is 9.01. The number of hydrogen-bond acceptors (Lipinski definition) is 2. The predicted molar refractivity (Wildman–Crippen MR) is 138 cm³/mol. The molecule has 7 aromatic rings. The minimum atomic E-state index is 0.756. The number of rotatable bonds is 2. The van der Waals surface area contributed by atoms with Crippen LogP contribution in [-0.4, -0.2) is 4.57 Å². The van der Waals surface area contributed by atoms with E-state index in [1.54, 1.807) is 0 Å². The summed E-state index contributed by atoms with van der Waals surface area (Å²) in [5.74, 6) is 0. The monoisotopic (exact) mass is 424 g/mol. The van der Waals surface area contributed by atoms with Crippen LogP contribution in [0.15, 0.2) is 114 Å². The minimum absolute atomic E-state index is 0.756. The van der Waals surface area contributed by atoms with Crippen molar-refractivity contribution in [1.82, 2.24) is 4.57 Å². The second-order valence-electron chi connectivity index (χ2n) is 8.43. The molecule has 0 saturated heterocycles. The maximum Gasteiger partial charge on any atom is 0.145 e. The summed E-state index contributed by atoms with van der Waals surface area (Å²) in [7, 11) is 0. The summed E-state index contributed by atoms with van der Waals surface area (Å²) in [4.78, 5) is 0. The Kier molecular flexibility index (Phi) is 3.70. The van der Waals surface area contributed by atoms with E-state index in [4.69, 9.17) is 10.2 Å². The zero-order valence-corrected chi connectivity index (χ0v) is 17.8. The van der Waals surface area contributed by atoms with E-state index in [1.807, 2.05) is 30.3 Å². The van der Waals surface area contributed by atoms with E-state index >= 15 is 0 Å².